The number of nitrogens with zero attached hydrogens (tertiary/aromatic N) is 6. The van der Waals surface area contributed by atoms with Crippen LogP contribution in [0.4, 0.5) is 0 Å². The van der Waals surface area contributed by atoms with Crippen LogP contribution in [0.2, 0.25) is 0 Å². The van der Waals surface area contributed by atoms with Gasteiger partial charge < -0.3 is 0 Å². The van der Waals surface area contributed by atoms with Gasteiger partial charge in [0.05, 0.1) is 11.4 Å². The van der Waals surface area contributed by atoms with Crippen molar-refractivity contribution in [2.75, 3.05) is 0 Å². The number of rotatable bonds is 3. The third kappa shape index (κ3) is 13.5. The maximum Gasteiger partial charge on any atom is 0.163 e. The fourth-order valence-corrected chi connectivity index (χ4v) is 5.78. The average molecular weight is 805 g/mol. The van der Waals surface area contributed by atoms with E-state index in [1.165, 1.54) is 11.1 Å². The quantitative estimate of drug-likeness (QED) is 0.177. The van der Waals surface area contributed by atoms with Crippen LogP contribution in [0.25, 0.3) is 33.8 Å². The Labute approximate surface area is 363 Å². The Morgan fingerprint density at radius 1 is 0.267 bits per heavy atom. The molecule has 0 bridgehead atoms. The summed E-state index contributed by atoms with van der Waals surface area (Å²) in [4.78, 5) is 28.5. The van der Waals surface area contributed by atoms with Crippen molar-refractivity contribution >= 4 is 0 Å². The summed E-state index contributed by atoms with van der Waals surface area (Å²) in [5.74, 6) is 3.35. The molecule has 0 fully saturated rings. The zero-order valence-corrected chi connectivity index (χ0v) is 40.1. The zero-order valence-electron chi connectivity index (χ0n) is 40.1. The highest BCUT2D eigenvalue weighted by molar-refractivity contribution is 5.65. The van der Waals surface area contributed by atoms with Crippen molar-refractivity contribution in [3.63, 3.8) is 0 Å². The molecule has 0 unspecified atom stereocenters. The summed E-state index contributed by atoms with van der Waals surface area (Å²) in [6.07, 6.45) is 0. The first-order valence-corrected chi connectivity index (χ1v) is 21.4. The van der Waals surface area contributed by atoms with Crippen LogP contribution >= 0.6 is 0 Å². The predicted molar refractivity (Wildman–Crippen MR) is 255 cm³/mol. The Hall–Kier alpha value is -5.10. The van der Waals surface area contributed by atoms with E-state index in [1.54, 1.807) is 0 Å². The summed E-state index contributed by atoms with van der Waals surface area (Å²) in [6, 6.07) is 37.5. The lowest BCUT2D eigenvalue weighted by Crippen LogP contribution is -2.24. The molecule has 0 saturated carbocycles. The van der Waals surface area contributed by atoms with Gasteiger partial charge in [-0.25, -0.2) is 24.9 Å². The molecule has 60 heavy (non-hydrogen) atoms. The van der Waals surface area contributed by atoms with E-state index in [4.69, 9.17) is 15.0 Å². The summed E-state index contributed by atoms with van der Waals surface area (Å²) < 4.78 is 0. The molecular formula is C54H72N6. The molecular weight excluding hydrogens is 733 g/mol. The van der Waals surface area contributed by atoms with E-state index in [-0.39, 0.29) is 32.5 Å². The summed E-state index contributed by atoms with van der Waals surface area (Å²) in [6.45, 7) is 39.1. The molecule has 0 N–H and O–H groups in total. The Bertz CT molecular complexity index is 1930. The van der Waals surface area contributed by atoms with Crippen LogP contribution in [0.5, 0.6) is 0 Å². The standard InChI is InChI=1S/C19H25N.C18H24N2.C17H23N3/c1-18(2,3)16-12-15(14-10-8-7-9-11-14)13-17(20-16)19(4,5)6;1-17(2,3)15-12-14(13-10-8-7-9-11-13)19-16(20-15)18(4,5)6;1-16(2,3)14-18-13(12-10-8-7-9-11-12)19-15(20-14)17(4,5)6/h7-13H,1-6H3;7-12H,1-6H3;7-11H,1-6H3. The van der Waals surface area contributed by atoms with E-state index < -0.39 is 0 Å². The number of aromatic nitrogens is 6. The third-order valence-electron chi connectivity index (χ3n) is 9.71. The van der Waals surface area contributed by atoms with E-state index in [1.807, 2.05) is 48.5 Å². The fourth-order valence-electron chi connectivity index (χ4n) is 5.78. The van der Waals surface area contributed by atoms with Crippen LogP contribution in [0.1, 0.15) is 159 Å². The molecule has 3 aromatic carbocycles. The molecule has 0 saturated heterocycles. The molecule has 0 aliphatic rings. The normalized spacial score (nSPS) is 12.5. The van der Waals surface area contributed by atoms with Gasteiger partial charge in [-0.15, -0.1) is 0 Å². The molecule has 0 atom stereocenters. The largest absolute Gasteiger partial charge is 0.257 e. The lowest BCUT2D eigenvalue weighted by molar-refractivity contribution is 0.497. The second kappa shape index (κ2) is 18.3. The van der Waals surface area contributed by atoms with Crippen LogP contribution in [0.15, 0.2) is 109 Å². The van der Waals surface area contributed by atoms with Crippen molar-refractivity contribution in [2.24, 2.45) is 0 Å². The van der Waals surface area contributed by atoms with Gasteiger partial charge in [-0.2, -0.15) is 0 Å². The molecule has 0 amide bonds. The minimum Gasteiger partial charge on any atom is -0.257 e. The maximum absolute atomic E-state index is 4.90. The zero-order chi connectivity index (χ0) is 44.9. The first-order chi connectivity index (χ1) is 27.5. The number of benzene rings is 3. The Balaban J connectivity index is 0.000000198. The van der Waals surface area contributed by atoms with E-state index in [0.29, 0.717) is 0 Å². The number of hydrogen-bond donors (Lipinski definition) is 0. The van der Waals surface area contributed by atoms with Crippen LogP contribution in [0, 0.1) is 0 Å². The lowest BCUT2D eigenvalue weighted by Gasteiger charge is -2.25. The van der Waals surface area contributed by atoms with E-state index in [2.05, 4.69) is 200 Å². The SMILES string of the molecule is CC(C)(C)c1cc(-c2ccccc2)cc(C(C)(C)C)n1.CC(C)(C)c1cc(-c2ccccc2)nc(C(C)(C)C)n1.CC(C)(C)c1nc(-c2ccccc2)nc(C(C)(C)C)n1. The van der Waals surface area contributed by atoms with Crippen molar-refractivity contribution in [1.29, 1.82) is 0 Å². The Morgan fingerprint density at radius 3 is 0.967 bits per heavy atom. The molecule has 6 nitrogen and oxygen atoms in total. The fraction of sp³-hybridized carbons (Fsp3) is 0.444. The first-order valence-electron chi connectivity index (χ1n) is 21.4. The second-order valence-electron chi connectivity index (χ2n) is 22.0. The van der Waals surface area contributed by atoms with Gasteiger partial charge in [0, 0.05) is 55.0 Å². The molecule has 0 radical (unpaired) electrons. The van der Waals surface area contributed by atoms with Gasteiger partial charge in [-0.3, -0.25) is 4.98 Å². The van der Waals surface area contributed by atoms with Crippen molar-refractivity contribution in [1.82, 2.24) is 29.9 Å². The molecule has 3 heterocycles. The van der Waals surface area contributed by atoms with Gasteiger partial charge in [0.15, 0.2) is 5.82 Å². The molecule has 0 aliphatic carbocycles. The van der Waals surface area contributed by atoms with Crippen LogP contribution in [-0.4, -0.2) is 29.9 Å². The molecule has 3 aromatic heterocycles. The Kier molecular flexibility index (Phi) is 14.5. The third-order valence-corrected chi connectivity index (χ3v) is 9.71. The van der Waals surface area contributed by atoms with Gasteiger partial charge in [-0.1, -0.05) is 216 Å². The number of pyridine rings is 1. The molecule has 6 rings (SSSR count). The first kappa shape index (κ1) is 47.6. The predicted octanol–water partition coefficient (Wildman–Crippen LogP) is 14.2. The number of hydrogen-bond acceptors (Lipinski definition) is 6. The second-order valence-corrected chi connectivity index (χ2v) is 22.0. The summed E-state index contributed by atoms with van der Waals surface area (Å²) >= 11 is 0. The van der Waals surface area contributed by atoms with Crippen molar-refractivity contribution in [3.8, 4) is 33.8 Å². The lowest BCUT2D eigenvalue weighted by atomic mass is 9.85. The van der Waals surface area contributed by atoms with Gasteiger partial charge >= 0.3 is 0 Å². The average Bonchev–Trinajstić information content (AvgIpc) is 3.17. The summed E-state index contributed by atoms with van der Waals surface area (Å²) in [5, 5.41) is 0. The Morgan fingerprint density at radius 2 is 0.600 bits per heavy atom. The highest BCUT2D eigenvalue weighted by Gasteiger charge is 2.27. The smallest absolute Gasteiger partial charge is 0.163 e. The monoisotopic (exact) mass is 805 g/mol. The van der Waals surface area contributed by atoms with Gasteiger partial charge in [0.2, 0.25) is 0 Å². The van der Waals surface area contributed by atoms with E-state index in [0.717, 1.165) is 57.2 Å². The highest BCUT2D eigenvalue weighted by Crippen LogP contribution is 2.32. The van der Waals surface area contributed by atoms with Gasteiger partial charge in [-0.05, 0) is 29.3 Å². The van der Waals surface area contributed by atoms with E-state index >= 15 is 0 Å². The van der Waals surface area contributed by atoms with Gasteiger partial charge in [0.25, 0.3) is 0 Å². The van der Waals surface area contributed by atoms with Crippen molar-refractivity contribution in [2.45, 2.75) is 157 Å². The van der Waals surface area contributed by atoms with Crippen LogP contribution in [-0.2, 0) is 32.5 Å². The summed E-state index contributed by atoms with van der Waals surface area (Å²) in [5.41, 5.74) is 9.02. The van der Waals surface area contributed by atoms with Gasteiger partial charge in [0.1, 0.15) is 17.5 Å². The van der Waals surface area contributed by atoms with Crippen molar-refractivity contribution in [3.05, 3.63) is 144 Å². The molecule has 0 spiro atoms. The topological polar surface area (TPSA) is 77.3 Å². The molecule has 6 heteroatoms. The summed E-state index contributed by atoms with van der Waals surface area (Å²) in [7, 11) is 0. The van der Waals surface area contributed by atoms with Crippen molar-refractivity contribution < 1.29 is 0 Å². The van der Waals surface area contributed by atoms with E-state index in [9.17, 15) is 0 Å². The molecule has 318 valence electrons. The van der Waals surface area contributed by atoms with Crippen LogP contribution < -0.4 is 0 Å². The highest BCUT2D eigenvalue weighted by atomic mass is 15.1. The molecule has 6 aromatic rings. The minimum absolute atomic E-state index is 0.0203. The minimum atomic E-state index is -0.0908. The molecule has 0 aliphatic heterocycles. The maximum atomic E-state index is 4.90. The van der Waals surface area contributed by atoms with Crippen LogP contribution in [0.3, 0.4) is 0 Å².